The van der Waals surface area contributed by atoms with Crippen molar-refractivity contribution >= 4 is 38.9 Å². The Hall–Kier alpha value is -1.60. The van der Waals surface area contributed by atoms with Gasteiger partial charge in [0.25, 0.3) is 0 Å². The monoisotopic (exact) mass is 358 g/mol. The summed E-state index contributed by atoms with van der Waals surface area (Å²) in [6.07, 6.45) is 0.0817. The lowest BCUT2D eigenvalue weighted by Crippen LogP contribution is -2.39. The molecule has 1 aliphatic heterocycles. The summed E-state index contributed by atoms with van der Waals surface area (Å²) in [6.45, 7) is 1.85. The molecule has 126 valence electrons. The van der Waals surface area contributed by atoms with Crippen molar-refractivity contribution in [3.63, 3.8) is 0 Å². The van der Waals surface area contributed by atoms with Crippen LogP contribution in [-0.2, 0) is 19.4 Å². The molecule has 1 aliphatic rings. The van der Waals surface area contributed by atoms with Crippen LogP contribution in [0.25, 0.3) is 0 Å². The maximum Gasteiger partial charge on any atom is 0.233 e. The number of nitrogens with one attached hydrogen (secondary N) is 1. The van der Waals surface area contributed by atoms with Crippen molar-refractivity contribution in [2.75, 3.05) is 23.9 Å². The van der Waals surface area contributed by atoms with E-state index in [1.807, 2.05) is 6.92 Å². The van der Waals surface area contributed by atoms with Crippen molar-refractivity contribution in [2.24, 2.45) is 0 Å². The van der Waals surface area contributed by atoms with Gasteiger partial charge < -0.3 is 10.2 Å². The Morgan fingerprint density at radius 3 is 2.65 bits per heavy atom. The lowest BCUT2D eigenvalue weighted by molar-refractivity contribution is -0.134. The van der Waals surface area contributed by atoms with Crippen molar-refractivity contribution < 1.29 is 18.0 Å². The predicted octanol–water partition coefficient (Wildman–Crippen LogP) is 1.62. The Morgan fingerprint density at radius 2 is 2.09 bits per heavy atom. The van der Waals surface area contributed by atoms with Crippen LogP contribution in [0.4, 0.5) is 5.69 Å². The summed E-state index contributed by atoms with van der Waals surface area (Å²) in [4.78, 5) is 25.4. The molecule has 2 rings (SSSR count). The maximum absolute atomic E-state index is 12.1. The van der Waals surface area contributed by atoms with Crippen molar-refractivity contribution in [3.05, 3.63) is 28.8 Å². The van der Waals surface area contributed by atoms with Gasteiger partial charge in [0.2, 0.25) is 11.8 Å². The number of nitrogens with zero attached hydrogens (tertiary/aromatic N) is 1. The highest BCUT2D eigenvalue weighted by molar-refractivity contribution is 7.91. The van der Waals surface area contributed by atoms with Gasteiger partial charge in [-0.2, -0.15) is 0 Å². The Labute approximate surface area is 140 Å². The highest BCUT2D eigenvalue weighted by Crippen LogP contribution is 2.20. The Kier molecular flexibility index (Phi) is 5.31. The van der Waals surface area contributed by atoms with Crippen molar-refractivity contribution in [1.29, 1.82) is 0 Å². The van der Waals surface area contributed by atoms with E-state index in [9.17, 15) is 18.0 Å². The van der Waals surface area contributed by atoms with E-state index in [0.29, 0.717) is 17.1 Å². The molecule has 1 heterocycles. The first-order chi connectivity index (χ1) is 10.7. The highest BCUT2D eigenvalue weighted by Gasteiger charge is 2.33. The molecule has 1 aromatic carbocycles. The molecule has 1 fully saturated rings. The standard InChI is InChI=1S/C15H19ClN2O4S/c1-10-3-4-11(7-13(10)16)17-14(19)8-15(20)18(2)12-5-6-23(21,22)9-12/h3-4,7,12H,5-6,8-9H2,1-2H3,(H,17,19). The summed E-state index contributed by atoms with van der Waals surface area (Å²) in [5, 5.41) is 3.14. The summed E-state index contributed by atoms with van der Waals surface area (Å²) in [5.41, 5.74) is 1.41. The van der Waals surface area contributed by atoms with Gasteiger partial charge in [-0.15, -0.1) is 0 Å². The zero-order chi connectivity index (χ0) is 17.2. The first-order valence-corrected chi connectivity index (χ1v) is 9.40. The highest BCUT2D eigenvalue weighted by atomic mass is 35.5. The van der Waals surface area contributed by atoms with E-state index in [4.69, 9.17) is 11.6 Å². The van der Waals surface area contributed by atoms with Crippen LogP contribution in [0.5, 0.6) is 0 Å². The number of carbonyl (C=O) groups excluding carboxylic acids is 2. The van der Waals surface area contributed by atoms with Crippen LogP contribution in [0, 0.1) is 6.92 Å². The van der Waals surface area contributed by atoms with Crippen LogP contribution in [0.1, 0.15) is 18.4 Å². The Balaban J connectivity index is 1.91. The predicted molar refractivity (Wildman–Crippen MR) is 89.3 cm³/mol. The third-order valence-corrected chi connectivity index (χ3v) is 6.07. The number of hydrogen-bond acceptors (Lipinski definition) is 4. The van der Waals surface area contributed by atoms with Gasteiger partial charge in [0.05, 0.1) is 11.5 Å². The van der Waals surface area contributed by atoms with E-state index in [1.54, 1.807) is 18.2 Å². The third-order valence-electron chi connectivity index (χ3n) is 3.92. The number of anilines is 1. The molecule has 8 heteroatoms. The van der Waals surface area contributed by atoms with Crippen LogP contribution in [0.2, 0.25) is 5.02 Å². The topological polar surface area (TPSA) is 83.6 Å². The number of aryl methyl sites for hydroxylation is 1. The second-order valence-corrected chi connectivity index (χ2v) is 8.39. The SMILES string of the molecule is Cc1ccc(NC(=O)CC(=O)N(C)C2CCS(=O)(=O)C2)cc1Cl. The normalized spacial score (nSPS) is 19.3. The molecule has 0 saturated carbocycles. The molecule has 1 unspecified atom stereocenters. The molecule has 1 aromatic rings. The number of benzene rings is 1. The zero-order valence-electron chi connectivity index (χ0n) is 13.0. The third kappa shape index (κ3) is 4.68. The molecule has 0 spiro atoms. The van der Waals surface area contributed by atoms with Gasteiger partial charge in [0.1, 0.15) is 6.42 Å². The van der Waals surface area contributed by atoms with Gasteiger partial charge in [0, 0.05) is 23.8 Å². The molecule has 1 N–H and O–H groups in total. The van der Waals surface area contributed by atoms with E-state index in [2.05, 4.69) is 5.32 Å². The second kappa shape index (κ2) is 6.88. The summed E-state index contributed by atoms with van der Waals surface area (Å²) in [6, 6.07) is 4.74. The molecule has 1 saturated heterocycles. The van der Waals surface area contributed by atoms with Crippen molar-refractivity contribution in [1.82, 2.24) is 4.90 Å². The van der Waals surface area contributed by atoms with Crippen LogP contribution in [-0.4, -0.2) is 49.7 Å². The summed E-state index contributed by atoms with van der Waals surface area (Å²) >= 11 is 5.98. The quantitative estimate of drug-likeness (QED) is 0.829. The van der Waals surface area contributed by atoms with E-state index in [1.165, 1.54) is 11.9 Å². The number of hydrogen-bond donors (Lipinski definition) is 1. The number of amides is 2. The second-order valence-electron chi connectivity index (χ2n) is 5.75. The van der Waals surface area contributed by atoms with E-state index in [0.717, 1.165) is 5.56 Å². The van der Waals surface area contributed by atoms with Crippen LogP contribution in [0.15, 0.2) is 18.2 Å². The molecule has 0 radical (unpaired) electrons. The van der Waals surface area contributed by atoms with Crippen LogP contribution < -0.4 is 5.32 Å². The zero-order valence-corrected chi connectivity index (χ0v) is 14.6. The minimum Gasteiger partial charge on any atom is -0.341 e. The van der Waals surface area contributed by atoms with E-state index < -0.39 is 21.7 Å². The number of rotatable bonds is 4. The molecule has 0 aliphatic carbocycles. The summed E-state index contributed by atoms with van der Waals surface area (Å²) in [7, 11) is -1.54. The van der Waals surface area contributed by atoms with Gasteiger partial charge in [-0.3, -0.25) is 9.59 Å². The average Bonchev–Trinajstić information content (AvgIpc) is 2.82. The molecule has 0 aromatic heterocycles. The van der Waals surface area contributed by atoms with Gasteiger partial charge in [-0.1, -0.05) is 17.7 Å². The van der Waals surface area contributed by atoms with E-state index in [-0.39, 0.29) is 24.0 Å². The number of halogens is 1. The molecule has 1 atom stereocenters. The smallest absolute Gasteiger partial charge is 0.233 e. The molecular formula is C15H19ClN2O4S. The molecule has 2 amide bonds. The fourth-order valence-corrected chi connectivity index (χ4v) is 4.38. The largest absolute Gasteiger partial charge is 0.341 e. The van der Waals surface area contributed by atoms with Crippen LogP contribution >= 0.6 is 11.6 Å². The van der Waals surface area contributed by atoms with Crippen LogP contribution in [0.3, 0.4) is 0 Å². The molecule has 6 nitrogen and oxygen atoms in total. The fourth-order valence-electron chi connectivity index (χ4n) is 2.42. The first-order valence-electron chi connectivity index (χ1n) is 7.20. The lowest BCUT2D eigenvalue weighted by atomic mass is 10.2. The maximum atomic E-state index is 12.1. The van der Waals surface area contributed by atoms with Crippen molar-refractivity contribution in [3.8, 4) is 0 Å². The van der Waals surface area contributed by atoms with E-state index >= 15 is 0 Å². The Morgan fingerprint density at radius 1 is 1.39 bits per heavy atom. The summed E-state index contributed by atoms with van der Waals surface area (Å²) < 4.78 is 22.9. The van der Waals surface area contributed by atoms with Crippen molar-refractivity contribution in [2.45, 2.75) is 25.8 Å². The lowest BCUT2D eigenvalue weighted by Gasteiger charge is -2.23. The average molecular weight is 359 g/mol. The number of sulfone groups is 1. The van der Waals surface area contributed by atoms with Gasteiger partial charge in [-0.05, 0) is 31.0 Å². The van der Waals surface area contributed by atoms with Gasteiger partial charge >= 0.3 is 0 Å². The summed E-state index contributed by atoms with van der Waals surface area (Å²) in [5.74, 6) is -0.807. The first kappa shape index (κ1) is 17.7. The fraction of sp³-hybridized carbons (Fsp3) is 0.467. The molecule has 0 bridgehead atoms. The Bertz CT molecular complexity index is 733. The molecular weight excluding hydrogens is 340 g/mol. The molecule has 23 heavy (non-hydrogen) atoms. The minimum absolute atomic E-state index is 0.0373. The van der Waals surface area contributed by atoms with Gasteiger partial charge in [0.15, 0.2) is 9.84 Å². The minimum atomic E-state index is -3.07. The van der Waals surface area contributed by atoms with Gasteiger partial charge in [-0.25, -0.2) is 8.42 Å². The number of carbonyl (C=O) groups is 2.